The third kappa shape index (κ3) is 2.56. The molecule has 0 amide bonds. The van der Waals surface area contributed by atoms with Gasteiger partial charge in [0.2, 0.25) is 0 Å². The third-order valence-electron chi connectivity index (χ3n) is 4.10. The van der Waals surface area contributed by atoms with Gasteiger partial charge in [-0.1, -0.05) is 34.1 Å². The van der Waals surface area contributed by atoms with Crippen LogP contribution in [0.5, 0.6) is 0 Å². The quantitative estimate of drug-likeness (QED) is 0.674. The lowest BCUT2D eigenvalue weighted by Gasteiger charge is -2.22. The highest BCUT2D eigenvalue weighted by molar-refractivity contribution is 5.51. The summed E-state index contributed by atoms with van der Waals surface area (Å²) < 4.78 is 0. The fourth-order valence-corrected chi connectivity index (χ4v) is 3.32. The second kappa shape index (κ2) is 6.23. The van der Waals surface area contributed by atoms with Crippen LogP contribution in [0.4, 0.5) is 0 Å². The van der Waals surface area contributed by atoms with Gasteiger partial charge in [-0.15, -0.1) is 0 Å². The van der Waals surface area contributed by atoms with E-state index in [1.54, 1.807) is 33.4 Å². The van der Waals surface area contributed by atoms with Crippen LogP contribution in [0.2, 0.25) is 0 Å². The maximum Gasteiger partial charge on any atom is -0.0276 e. The van der Waals surface area contributed by atoms with Gasteiger partial charge in [0, 0.05) is 0 Å². The Bertz CT molecular complexity index is 355. The molecule has 0 N–H and O–H groups in total. The Morgan fingerprint density at radius 2 is 1.00 bits per heavy atom. The largest absolute Gasteiger partial charge is 0.0651 e. The average Bonchev–Trinajstić information content (AvgIpc) is 2.31. The smallest absolute Gasteiger partial charge is 0.0276 e. The van der Waals surface area contributed by atoms with Crippen molar-refractivity contribution in [3.8, 4) is 0 Å². The Labute approximate surface area is 107 Å². The summed E-state index contributed by atoms with van der Waals surface area (Å²) in [7, 11) is 0. The molecule has 0 aliphatic rings. The van der Waals surface area contributed by atoms with E-state index >= 15 is 0 Å². The molecule has 0 aliphatic heterocycles. The van der Waals surface area contributed by atoms with E-state index in [-0.39, 0.29) is 0 Å². The summed E-state index contributed by atoms with van der Waals surface area (Å²) in [5.74, 6) is 0. The second-order valence-electron chi connectivity index (χ2n) is 4.97. The lowest BCUT2D eigenvalue weighted by Crippen LogP contribution is -2.08. The van der Waals surface area contributed by atoms with Crippen LogP contribution in [-0.2, 0) is 25.7 Å². The minimum atomic E-state index is 1.17. The highest BCUT2D eigenvalue weighted by Gasteiger charge is 2.15. The molecule has 0 unspecified atom stereocenters. The van der Waals surface area contributed by atoms with E-state index in [9.17, 15) is 0 Å². The predicted octanol–water partition coefficient (Wildman–Crippen LogP) is 4.94. The highest BCUT2D eigenvalue weighted by atomic mass is 14.2. The molecule has 0 atom stereocenters. The van der Waals surface area contributed by atoms with Gasteiger partial charge in [0.1, 0.15) is 0 Å². The Kier molecular flexibility index (Phi) is 5.24. The third-order valence-corrected chi connectivity index (χ3v) is 4.10. The lowest BCUT2D eigenvalue weighted by molar-refractivity contribution is 0.856. The molecule has 0 aromatic heterocycles. The lowest BCUT2D eigenvalue weighted by atomic mass is 9.83. The van der Waals surface area contributed by atoms with Crippen molar-refractivity contribution in [3.63, 3.8) is 0 Å². The van der Waals surface area contributed by atoms with Gasteiger partial charge >= 0.3 is 0 Å². The first-order valence-corrected chi connectivity index (χ1v) is 7.24. The molecule has 1 rings (SSSR count). The molecule has 0 heteroatoms. The standard InChI is InChI=1S/C17H28/c1-7-11-17-15(9-3)12(5)14(8-2)13(6)16(17)10-4/h7-11H2,1-6H3. The zero-order chi connectivity index (χ0) is 13.0. The fourth-order valence-electron chi connectivity index (χ4n) is 3.32. The van der Waals surface area contributed by atoms with Crippen molar-refractivity contribution >= 4 is 0 Å². The van der Waals surface area contributed by atoms with E-state index in [0.717, 1.165) is 0 Å². The van der Waals surface area contributed by atoms with E-state index in [2.05, 4.69) is 41.5 Å². The van der Waals surface area contributed by atoms with Crippen molar-refractivity contribution in [2.75, 3.05) is 0 Å². The maximum atomic E-state index is 2.32. The van der Waals surface area contributed by atoms with Crippen molar-refractivity contribution in [1.29, 1.82) is 0 Å². The van der Waals surface area contributed by atoms with Crippen LogP contribution in [0.3, 0.4) is 0 Å². The van der Waals surface area contributed by atoms with E-state index in [1.807, 2.05) is 0 Å². The summed E-state index contributed by atoms with van der Waals surface area (Å²) in [6, 6.07) is 0. The summed E-state index contributed by atoms with van der Waals surface area (Å²) >= 11 is 0. The molecule has 17 heavy (non-hydrogen) atoms. The van der Waals surface area contributed by atoms with Gasteiger partial charge in [0.15, 0.2) is 0 Å². The average molecular weight is 232 g/mol. The van der Waals surface area contributed by atoms with Gasteiger partial charge in [0.05, 0.1) is 0 Å². The van der Waals surface area contributed by atoms with Crippen molar-refractivity contribution < 1.29 is 0 Å². The molecule has 0 radical (unpaired) electrons. The fraction of sp³-hybridized carbons (Fsp3) is 0.647. The first-order valence-electron chi connectivity index (χ1n) is 7.24. The van der Waals surface area contributed by atoms with Gasteiger partial charge < -0.3 is 0 Å². The highest BCUT2D eigenvalue weighted by Crippen LogP contribution is 2.30. The molecule has 0 spiro atoms. The SMILES string of the molecule is CCCc1c(CC)c(C)c(CC)c(C)c1CC. The zero-order valence-corrected chi connectivity index (χ0v) is 12.5. The van der Waals surface area contributed by atoms with Crippen LogP contribution < -0.4 is 0 Å². The van der Waals surface area contributed by atoms with Crippen LogP contribution in [0, 0.1) is 13.8 Å². The summed E-state index contributed by atoms with van der Waals surface area (Å²) in [5.41, 5.74) is 9.64. The Balaban J connectivity index is 3.56. The zero-order valence-electron chi connectivity index (χ0n) is 12.5. The Morgan fingerprint density at radius 1 is 0.588 bits per heavy atom. The normalized spacial score (nSPS) is 10.9. The monoisotopic (exact) mass is 232 g/mol. The molecule has 1 aromatic rings. The van der Waals surface area contributed by atoms with Gasteiger partial charge in [-0.25, -0.2) is 0 Å². The predicted molar refractivity (Wildman–Crippen MR) is 78.0 cm³/mol. The number of rotatable bonds is 5. The van der Waals surface area contributed by atoms with E-state index in [0.29, 0.717) is 0 Å². The van der Waals surface area contributed by atoms with E-state index in [1.165, 1.54) is 32.1 Å². The summed E-state index contributed by atoms with van der Waals surface area (Å²) in [4.78, 5) is 0. The minimum Gasteiger partial charge on any atom is -0.0651 e. The van der Waals surface area contributed by atoms with E-state index in [4.69, 9.17) is 0 Å². The summed E-state index contributed by atoms with van der Waals surface area (Å²) in [6.45, 7) is 13.8. The molecular formula is C17H28. The topological polar surface area (TPSA) is 0 Å². The molecule has 0 saturated carbocycles. The molecule has 0 nitrogen and oxygen atoms in total. The van der Waals surface area contributed by atoms with E-state index < -0.39 is 0 Å². The molecule has 96 valence electrons. The van der Waals surface area contributed by atoms with Gasteiger partial charge in [-0.2, -0.15) is 0 Å². The van der Waals surface area contributed by atoms with Gasteiger partial charge in [-0.05, 0) is 72.9 Å². The van der Waals surface area contributed by atoms with Crippen LogP contribution in [0.25, 0.3) is 0 Å². The summed E-state index contributed by atoms with van der Waals surface area (Å²) in [5, 5.41) is 0. The van der Waals surface area contributed by atoms with Gasteiger partial charge in [-0.3, -0.25) is 0 Å². The molecule has 0 heterocycles. The van der Waals surface area contributed by atoms with Crippen LogP contribution >= 0.6 is 0 Å². The molecule has 0 bridgehead atoms. The summed E-state index contributed by atoms with van der Waals surface area (Å²) in [6.07, 6.45) is 6.04. The first kappa shape index (κ1) is 14.3. The molecule has 0 fully saturated rings. The van der Waals surface area contributed by atoms with Crippen LogP contribution in [-0.4, -0.2) is 0 Å². The number of hydrogen-bond acceptors (Lipinski definition) is 0. The second-order valence-corrected chi connectivity index (χ2v) is 4.97. The van der Waals surface area contributed by atoms with Crippen molar-refractivity contribution in [3.05, 3.63) is 33.4 Å². The molecule has 1 aromatic carbocycles. The molecule has 0 saturated heterocycles. The van der Waals surface area contributed by atoms with Crippen molar-refractivity contribution in [2.24, 2.45) is 0 Å². The van der Waals surface area contributed by atoms with Crippen molar-refractivity contribution in [1.82, 2.24) is 0 Å². The Morgan fingerprint density at radius 3 is 1.29 bits per heavy atom. The number of hydrogen-bond donors (Lipinski definition) is 0. The molecular weight excluding hydrogens is 204 g/mol. The van der Waals surface area contributed by atoms with Crippen LogP contribution in [0.15, 0.2) is 0 Å². The van der Waals surface area contributed by atoms with Crippen molar-refractivity contribution in [2.45, 2.75) is 73.6 Å². The number of benzene rings is 1. The first-order chi connectivity index (χ1) is 8.12. The van der Waals surface area contributed by atoms with Crippen LogP contribution in [0.1, 0.15) is 67.5 Å². The minimum absolute atomic E-state index is 1.17. The van der Waals surface area contributed by atoms with Gasteiger partial charge in [0.25, 0.3) is 0 Å². The Hall–Kier alpha value is -0.780. The molecule has 0 aliphatic carbocycles. The maximum absolute atomic E-state index is 2.32.